The van der Waals surface area contributed by atoms with Gasteiger partial charge in [-0.05, 0) is 19.4 Å². The van der Waals surface area contributed by atoms with E-state index in [-0.39, 0.29) is 0 Å². The number of ether oxygens (including phenoxy) is 1. The van der Waals surface area contributed by atoms with E-state index in [4.69, 9.17) is 4.74 Å². The van der Waals surface area contributed by atoms with Gasteiger partial charge in [0.2, 0.25) is 0 Å². The maximum atomic E-state index is 11.4. The lowest BCUT2D eigenvalue weighted by molar-refractivity contribution is -0.144. The highest BCUT2D eigenvalue weighted by Crippen LogP contribution is 2.20. The summed E-state index contributed by atoms with van der Waals surface area (Å²) in [5.41, 5.74) is -0.331. The summed E-state index contributed by atoms with van der Waals surface area (Å²) in [6.45, 7) is 5.22. The second kappa shape index (κ2) is 6.37. The maximum absolute atomic E-state index is 11.4. The van der Waals surface area contributed by atoms with Crippen LogP contribution in [0.15, 0.2) is 30.3 Å². The Kier molecular flexibility index (Phi) is 5.12. The van der Waals surface area contributed by atoms with Gasteiger partial charge >= 0.3 is 5.97 Å². The molecule has 0 aliphatic rings. The molecule has 0 amide bonds. The standard InChI is InChI=1S/C13H19NO3/c1-3-17-10-9-14-13(2,12(15)16)11-7-5-4-6-8-11/h4-8,14H,3,9-10H2,1-2H3,(H,15,16). The molecule has 1 aromatic rings. The molecule has 4 heteroatoms. The number of carbonyl (C=O) groups is 1. The summed E-state index contributed by atoms with van der Waals surface area (Å²) in [7, 11) is 0. The highest BCUT2D eigenvalue weighted by Gasteiger charge is 2.34. The molecule has 0 radical (unpaired) electrons. The lowest BCUT2D eigenvalue weighted by Gasteiger charge is -2.26. The lowest BCUT2D eigenvalue weighted by atomic mass is 9.92. The first-order valence-corrected chi connectivity index (χ1v) is 5.73. The summed E-state index contributed by atoms with van der Waals surface area (Å²) in [5.74, 6) is -0.889. The summed E-state index contributed by atoms with van der Waals surface area (Å²) in [6, 6.07) is 9.15. The highest BCUT2D eigenvalue weighted by molar-refractivity contribution is 5.80. The van der Waals surface area contributed by atoms with E-state index in [1.54, 1.807) is 6.92 Å². The molecule has 2 N–H and O–H groups in total. The fourth-order valence-electron chi connectivity index (χ4n) is 1.59. The van der Waals surface area contributed by atoms with E-state index in [1.807, 2.05) is 37.3 Å². The summed E-state index contributed by atoms with van der Waals surface area (Å²) in [5, 5.41) is 12.4. The molecule has 0 aliphatic heterocycles. The first kappa shape index (κ1) is 13.7. The van der Waals surface area contributed by atoms with Gasteiger partial charge in [0, 0.05) is 13.2 Å². The average Bonchev–Trinajstić information content (AvgIpc) is 2.35. The maximum Gasteiger partial charge on any atom is 0.328 e. The van der Waals surface area contributed by atoms with Gasteiger partial charge in [-0.1, -0.05) is 30.3 Å². The molecular weight excluding hydrogens is 218 g/mol. The largest absolute Gasteiger partial charge is 0.480 e. The van der Waals surface area contributed by atoms with Crippen molar-refractivity contribution in [3.05, 3.63) is 35.9 Å². The fourth-order valence-corrected chi connectivity index (χ4v) is 1.59. The number of carboxylic acids is 1. The molecule has 0 bridgehead atoms. The van der Waals surface area contributed by atoms with Crippen molar-refractivity contribution in [1.82, 2.24) is 5.32 Å². The minimum atomic E-state index is -1.07. The van der Waals surface area contributed by atoms with Crippen LogP contribution < -0.4 is 5.32 Å². The Morgan fingerprint density at radius 3 is 2.59 bits per heavy atom. The zero-order chi connectivity index (χ0) is 12.7. The lowest BCUT2D eigenvalue weighted by Crippen LogP contribution is -2.47. The van der Waals surface area contributed by atoms with E-state index >= 15 is 0 Å². The third kappa shape index (κ3) is 3.54. The zero-order valence-electron chi connectivity index (χ0n) is 10.3. The third-order valence-corrected chi connectivity index (χ3v) is 2.71. The van der Waals surface area contributed by atoms with Crippen LogP contribution in [-0.4, -0.2) is 30.8 Å². The van der Waals surface area contributed by atoms with Crippen LogP contribution in [0.1, 0.15) is 19.4 Å². The zero-order valence-corrected chi connectivity index (χ0v) is 10.3. The molecule has 1 unspecified atom stereocenters. The van der Waals surface area contributed by atoms with Crippen LogP contribution in [0, 0.1) is 0 Å². The second-order valence-electron chi connectivity index (χ2n) is 3.92. The molecule has 0 heterocycles. The Hall–Kier alpha value is -1.39. The number of hydrogen-bond acceptors (Lipinski definition) is 3. The van der Waals surface area contributed by atoms with Gasteiger partial charge in [0.15, 0.2) is 0 Å². The number of hydrogen-bond donors (Lipinski definition) is 2. The van der Waals surface area contributed by atoms with E-state index in [1.165, 1.54) is 0 Å². The van der Waals surface area contributed by atoms with E-state index in [0.717, 1.165) is 5.56 Å². The first-order valence-electron chi connectivity index (χ1n) is 5.73. The van der Waals surface area contributed by atoms with Crippen molar-refractivity contribution in [1.29, 1.82) is 0 Å². The van der Waals surface area contributed by atoms with E-state index in [9.17, 15) is 9.90 Å². The summed E-state index contributed by atoms with van der Waals surface area (Å²) >= 11 is 0. The van der Waals surface area contributed by atoms with Crippen molar-refractivity contribution in [3.63, 3.8) is 0 Å². The van der Waals surface area contributed by atoms with Crippen LogP contribution in [0.2, 0.25) is 0 Å². The Morgan fingerprint density at radius 2 is 2.06 bits per heavy atom. The van der Waals surface area contributed by atoms with Crippen LogP contribution in [-0.2, 0) is 15.1 Å². The monoisotopic (exact) mass is 237 g/mol. The predicted octanol–water partition coefficient (Wildman–Crippen LogP) is 1.61. The molecule has 17 heavy (non-hydrogen) atoms. The van der Waals surface area contributed by atoms with E-state index in [0.29, 0.717) is 19.8 Å². The molecule has 0 fully saturated rings. The molecule has 0 saturated heterocycles. The van der Waals surface area contributed by atoms with Crippen molar-refractivity contribution in [2.24, 2.45) is 0 Å². The van der Waals surface area contributed by atoms with E-state index < -0.39 is 11.5 Å². The number of carboxylic acid groups (broad SMARTS) is 1. The van der Waals surface area contributed by atoms with Crippen LogP contribution in [0.4, 0.5) is 0 Å². The number of rotatable bonds is 7. The van der Waals surface area contributed by atoms with Crippen LogP contribution in [0.5, 0.6) is 0 Å². The van der Waals surface area contributed by atoms with Gasteiger partial charge in [-0.15, -0.1) is 0 Å². The van der Waals surface area contributed by atoms with Gasteiger partial charge in [0.05, 0.1) is 6.61 Å². The molecule has 0 aromatic heterocycles. The van der Waals surface area contributed by atoms with Crippen LogP contribution in [0.3, 0.4) is 0 Å². The molecule has 0 aliphatic carbocycles. The smallest absolute Gasteiger partial charge is 0.328 e. The normalized spacial score (nSPS) is 14.2. The molecule has 1 atom stereocenters. The molecule has 1 rings (SSSR count). The number of nitrogens with one attached hydrogen (secondary N) is 1. The SMILES string of the molecule is CCOCCNC(C)(C(=O)O)c1ccccc1. The van der Waals surface area contributed by atoms with Crippen molar-refractivity contribution in [2.75, 3.05) is 19.8 Å². The van der Waals surface area contributed by atoms with Gasteiger partial charge in [0.25, 0.3) is 0 Å². The minimum absolute atomic E-state index is 0.505. The number of benzene rings is 1. The Morgan fingerprint density at radius 1 is 1.41 bits per heavy atom. The Bertz CT molecular complexity index is 353. The van der Waals surface area contributed by atoms with Gasteiger partial charge in [-0.25, -0.2) is 4.79 Å². The molecule has 94 valence electrons. The van der Waals surface area contributed by atoms with Crippen LogP contribution >= 0.6 is 0 Å². The average molecular weight is 237 g/mol. The van der Waals surface area contributed by atoms with E-state index in [2.05, 4.69) is 5.32 Å². The van der Waals surface area contributed by atoms with Crippen LogP contribution in [0.25, 0.3) is 0 Å². The fraction of sp³-hybridized carbons (Fsp3) is 0.462. The molecular formula is C13H19NO3. The van der Waals surface area contributed by atoms with Crippen molar-refractivity contribution < 1.29 is 14.6 Å². The molecule has 0 saturated carbocycles. The Labute approximate surface area is 102 Å². The number of aliphatic carboxylic acids is 1. The van der Waals surface area contributed by atoms with Crippen molar-refractivity contribution in [2.45, 2.75) is 19.4 Å². The quantitative estimate of drug-likeness (QED) is 0.707. The van der Waals surface area contributed by atoms with Gasteiger partial charge in [0.1, 0.15) is 5.54 Å². The molecule has 1 aromatic carbocycles. The third-order valence-electron chi connectivity index (χ3n) is 2.71. The Balaban J connectivity index is 2.73. The second-order valence-corrected chi connectivity index (χ2v) is 3.92. The van der Waals surface area contributed by atoms with Gasteiger partial charge in [-0.3, -0.25) is 5.32 Å². The molecule has 4 nitrogen and oxygen atoms in total. The predicted molar refractivity (Wildman–Crippen MR) is 65.9 cm³/mol. The molecule has 0 spiro atoms. The summed E-state index contributed by atoms with van der Waals surface area (Å²) < 4.78 is 5.19. The van der Waals surface area contributed by atoms with Crippen molar-refractivity contribution >= 4 is 5.97 Å². The van der Waals surface area contributed by atoms with Gasteiger partial charge in [-0.2, -0.15) is 0 Å². The minimum Gasteiger partial charge on any atom is -0.480 e. The summed E-state index contributed by atoms with van der Waals surface area (Å²) in [6.07, 6.45) is 0. The first-order chi connectivity index (χ1) is 8.11. The highest BCUT2D eigenvalue weighted by atomic mass is 16.5. The topological polar surface area (TPSA) is 58.6 Å². The van der Waals surface area contributed by atoms with Gasteiger partial charge < -0.3 is 9.84 Å². The van der Waals surface area contributed by atoms with Crippen molar-refractivity contribution in [3.8, 4) is 0 Å². The summed E-state index contributed by atoms with van der Waals surface area (Å²) in [4.78, 5) is 11.4.